The van der Waals surface area contributed by atoms with Crippen molar-refractivity contribution < 1.29 is 18.7 Å². The van der Waals surface area contributed by atoms with Crippen LogP contribution < -0.4 is 15.1 Å². The molecule has 5 heteroatoms. The summed E-state index contributed by atoms with van der Waals surface area (Å²) < 4.78 is 17.8. The number of ketones is 1. The fourth-order valence-corrected chi connectivity index (χ4v) is 3.73. The van der Waals surface area contributed by atoms with Crippen LogP contribution in [0.4, 0.5) is 0 Å². The minimum atomic E-state index is -0.502. The first-order valence-electron chi connectivity index (χ1n) is 11.1. The molecule has 1 aromatic carbocycles. The largest absolute Gasteiger partial charge is 0.489 e. The predicted molar refractivity (Wildman–Crippen MR) is 122 cm³/mol. The fraction of sp³-hybridized carbons (Fsp3) is 0.520. The zero-order valence-electron chi connectivity index (χ0n) is 19.5. The van der Waals surface area contributed by atoms with Crippen LogP contribution in [0.3, 0.4) is 0 Å². The molecule has 0 saturated carbocycles. The third-order valence-electron chi connectivity index (χ3n) is 4.82. The standard InChI is InChI=1S/C21H22O5.2C2H6/c1-5-6-12-10-15(23)25-20-16(12)19-13(7-8-21(3,4)26-19)18-17(20)14(22)9-11(2)24-18;2*1-2/h7-8,10-11H,5-6,9H2,1-4H3;2*1-2H3/t11-;;/m1../s1. The number of carbonyl (C=O) groups is 1. The molecule has 4 rings (SSSR count). The van der Waals surface area contributed by atoms with Gasteiger partial charge in [0.2, 0.25) is 0 Å². The van der Waals surface area contributed by atoms with Crippen molar-refractivity contribution in [2.75, 3.05) is 0 Å². The Morgan fingerprint density at radius 1 is 1.10 bits per heavy atom. The molecular weight excluding hydrogens is 380 g/mol. The van der Waals surface area contributed by atoms with Gasteiger partial charge in [0.1, 0.15) is 28.8 Å². The van der Waals surface area contributed by atoms with Crippen LogP contribution >= 0.6 is 0 Å². The molecule has 2 aromatic rings. The maximum Gasteiger partial charge on any atom is 0.336 e. The van der Waals surface area contributed by atoms with Crippen LogP contribution in [0, 0.1) is 0 Å². The average Bonchev–Trinajstić information content (AvgIpc) is 2.69. The van der Waals surface area contributed by atoms with E-state index in [4.69, 9.17) is 13.9 Å². The lowest BCUT2D eigenvalue weighted by atomic mass is 9.90. The monoisotopic (exact) mass is 414 g/mol. The normalized spacial score (nSPS) is 18.0. The van der Waals surface area contributed by atoms with Crippen molar-refractivity contribution in [2.45, 2.75) is 86.4 Å². The van der Waals surface area contributed by atoms with E-state index in [1.54, 1.807) is 0 Å². The maximum absolute atomic E-state index is 12.8. The molecule has 1 aromatic heterocycles. The number of rotatable bonds is 2. The molecular formula is C25H34O5. The summed E-state index contributed by atoms with van der Waals surface area (Å²) in [4.78, 5) is 25.0. The summed E-state index contributed by atoms with van der Waals surface area (Å²) in [7, 11) is 0. The summed E-state index contributed by atoms with van der Waals surface area (Å²) in [6, 6.07) is 1.50. The predicted octanol–water partition coefficient (Wildman–Crippen LogP) is 6.34. The zero-order chi connectivity index (χ0) is 22.6. The first-order valence-corrected chi connectivity index (χ1v) is 11.1. The van der Waals surface area contributed by atoms with Gasteiger partial charge in [0, 0.05) is 12.5 Å². The summed E-state index contributed by atoms with van der Waals surface area (Å²) in [5, 5.41) is 0.712. The fourth-order valence-electron chi connectivity index (χ4n) is 3.73. The average molecular weight is 415 g/mol. The van der Waals surface area contributed by atoms with Crippen molar-refractivity contribution >= 4 is 22.8 Å². The van der Waals surface area contributed by atoms with E-state index < -0.39 is 11.2 Å². The molecule has 0 fully saturated rings. The van der Waals surface area contributed by atoms with E-state index in [0.717, 1.165) is 17.5 Å². The van der Waals surface area contributed by atoms with Gasteiger partial charge in [-0.05, 0) is 44.9 Å². The highest BCUT2D eigenvalue weighted by molar-refractivity contribution is 6.13. The van der Waals surface area contributed by atoms with Gasteiger partial charge in [0.25, 0.3) is 0 Å². The molecule has 30 heavy (non-hydrogen) atoms. The lowest BCUT2D eigenvalue weighted by Crippen LogP contribution is -2.30. The highest BCUT2D eigenvalue weighted by Gasteiger charge is 2.36. The Bertz CT molecular complexity index is 1010. The second-order valence-corrected chi connectivity index (χ2v) is 7.59. The van der Waals surface area contributed by atoms with Gasteiger partial charge >= 0.3 is 5.63 Å². The summed E-state index contributed by atoms with van der Waals surface area (Å²) in [5.74, 6) is 1.02. The molecule has 0 radical (unpaired) electrons. The summed E-state index contributed by atoms with van der Waals surface area (Å²) in [6.45, 7) is 15.8. The van der Waals surface area contributed by atoms with E-state index in [2.05, 4.69) is 0 Å². The maximum atomic E-state index is 12.8. The van der Waals surface area contributed by atoms with Crippen molar-refractivity contribution in [3.05, 3.63) is 39.3 Å². The second-order valence-electron chi connectivity index (χ2n) is 7.59. The van der Waals surface area contributed by atoms with Crippen molar-refractivity contribution in [3.8, 4) is 11.5 Å². The number of fused-ring (bicyclic) bond motifs is 6. The van der Waals surface area contributed by atoms with Gasteiger partial charge in [-0.3, -0.25) is 4.79 Å². The Morgan fingerprint density at radius 2 is 1.77 bits per heavy atom. The molecule has 5 nitrogen and oxygen atoms in total. The van der Waals surface area contributed by atoms with Crippen LogP contribution in [0.25, 0.3) is 17.0 Å². The molecule has 0 unspecified atom stereocenters. The molecule has 0 N–H and O–H groups in total. The molecule has 1 atom stereocenters. The van der Waals surface area contributed by atoms with Crippen LogP contribution in [-0.2, 0) is 6.42 Å². The molecule has 0 saturated heterocycles. The lowest BCUT2D eigenvalue weighted by molar-refractivity contribution is 0.0869. The van der Waals surface area contributed by atoms with Gasteiger partial charge in [0.15, 0.2) is 11.4 Å². The Hall–Kier alpha value is -2.56. The Balaban J connectivity index is 0.000000757. The van der Waals surface area contributed by atoms with E-state index in [1.165, 1.54) is 6.07 Å². The number of hydrogen-bond donors (Lipinski definition) is 0. The van der Waals surface area contributed by atoms with Gasteiger partial charge in [-0.1, -0.05) is 41.0 Å². The van der Waals surface area contributed by atoms with Crippen molar-refractivity contribution in [2.24, 2.45) is 0 Å². The van der Waals surface area contributed by atoms with Crippen molar-refractivity contribution in [1.82, 2.24) is 0 Å². The van der Waals surface area contributed by atoms with E-state index in [9.17, 15) is 9.59 Å². The number of Topliss-reactive ketones (excluding diaryl/α,β-unsaturated/α-hetero) is 1. The molecule has 0 spiro atoms. The molecule has 0 bridgehead atoms. The smallest absolute Gasteiger partial charge is 0.336 e. The lowest BCUT2D eigenvalue weighted by Gasteiger charge is -2.33. The summed E-state index contributed by atoms with van der Waals surface area (Å²) in [5.41, 5.74) is 1.28. The quantitative estimate of drug-likeness (QED) is 0.537. The van der Waals surface area contributed by atoms with E-state index >= 15 is 0 Å². The van der Waals surface area contributed by atoms with Crippen LogP contribution in [0.5, 0.6) is 11.5 Å². The van der Waals surface area contributed by atoms with Crippen LogP contribution in [0.2, 0.25) is 0 Å². The van der Waals surface area contributed by atoms with Crippen molar-refractivity contribution in [3.63, 3.8) is 0 Å². The van der Waals surface area contributed by atoms with Gasteiger partial charge in [0.05, 0.1) is 10.9 Å². The van der Waals surface area contributed by atoms with Gasteiger partial charge in [-0.25, -0.2) is 4.79 Å². The third kappa shape index (κ3) is 4.30. The summed E-state index contributed by atoms with van der Waals surface area (Å²) >= 11 is 0. The Morgan fingerprint density at radius 3 is 2.40 bits per heavy atom. The number of hydrogen-bond acceptors (Lipinski definition) is 5. The molecule has 164 valence electrons. The highest BCUT2D eigenvalue weighted by atomic mass is 16.5. The molecule has 2 aliphatic rings. The number of aryl methyl sites for hydroxylation is 1. The van der Waals surface area contributed by atoms with E-state index in [0.29, 0.717) is 28.9 Å². The van der Waals surface area contributed by atoms with Crippen LogP contribution in [0.15, 0.2) is 21.4 Å². The highest BCUT2D eigenvalue weighted by Crippen LogP contribution is 2.48. The minimum absolute atomic E-state index is 0.0680. The third-order valence-corrected chi connectivity index (χ3v) is 4.82. The van der Waals surface area contributed by atoms with Crippen LogP contribution in [0.1, 0.15) is 89.7 Å². The first kappa shape index (κ1) is 23.7. The molecule has 0 amide bonds. The number of ether oxygens (including phenoxy) is 2. The molecule has 2 aliphatic heterocycles. The zero-order valence-corrected chi connectivity index (χ0v) is 19.5. The Kier molecular flexibility index (Phi) is 7.51. The van der Waals surface area contributed by atoms with Gasteiger partial charge < -0.3 is 13.9 Å². The van der Waals surface area contributed by atoms with E-state index in [-0.39, 0.29) is 23.9 Å². The number of benzene rings is 1. The van der Waals surface area contributed by atoms with E-state index in [1.807, 2.05) is 67.5 Å². The molecule has 0 aliphatic carbocycles. The SMILES string of the molecule is CC.CC.CCCc1cc(=O)oc2c3c(c4c(c12)OC(C)(C)C=C4)O[C@H](C)CC3=O. The molecule has 3 heterocycles. The van der Waals surface area contributed by atoms with Gasteiger partial charge in [-0.2, -0.15) is 0 Å². The Labute approximate surface area is 179 Å². The first-order chi connectivity index (χ1) is 14.3. The number of carbonyl (C=O) groups excluding carboxylic acids is 1. The summed E-state index contributed by atoms with van der Waals surface area (Å²) in [6.07, 6.45) is 5.50. The van der Waals surface area contributed by atoms with Crippen molar-refractivity contribution in [1.29, 1.82) is 0 Å². The topological polar surface area (TPSA) is 65.7 Å². The minimum Gasteiger partial charge on any atom is -0.489 e. The van der Waals surface area contributed by atoms with Crippen LogP contribution in [-0.4, -0.2) is 17.5 Å². The second kappa shape index (κ2) is 9.50. The van der Waals surface area contributed by atoms with Gasteiger partial charge in [-0.15, -0.1) is 0 Å².